The number of amides is 1. The zero-order valence-electron chi connectivity index (χ0n) is 22.1. The summed E-state index contributed by atoms with van der Waals surface area (Å²) in [5, 5.41) is 17.5. The van der Waals surface area contributed by atoms with E-state index in [2.05, 4.69) is 0 Å². The monoisotopic (exact) mass is 518 g/mol. The lowest BCUT2D eigenvalue weighted by molar-refractivity contribution is -0.516. The number of carbonyl (C=O) groups excluding carboxylic acids is 1. The molecule has 0 radical (unpaired) electrons. The Bertz CT molecular complexity index is 1370. The number of benzene rings is 3. The number of fused-ring (bicyclic) bond motifs is 1. The summed E-state index contributed by atoms with van der Waals surface area (Å²) in [7, 11) is 4.93. The van der Waals surface area contributed by atoms with Crippen LogP contribution < -0.4 is 14.8 Å². The molecular formula is C29H33FN5O3+. The lowest BCUT2D eigenvalue weighted by Crippen LogP contribution is -2.87. The molecule has 3 aromatic carbocycles. The first-order valence-corrected chi connectivity index (χ1v) is 12.4. The zero-order chi connectivity index (χ0) is 27.4. The molecule has 3 aromatic rings. The van der Waals surface area contributed by atoms with Gasteiger partial charge in [-0.05, 0) is 83.1 Å². The van der Waals surface area contributed by atoms with Gasteiger partial charge in [0.05, 0.1) is 34.2 Å². The van der Waals surface area contributed by atoms with Gasteiger partial charge in [-0.25, -0.2) is 9.80 Å². The summed E-state index contributed by atoms with van der Waals surface area (Å²) in [5.74, 6) is 1.09. The van der Waals surface area contributed by atoms with Gasteiger partial charge in [0.1, 0.15) is 17.3 Å². The molecule has 4 N–H and O–H groups in total. The standard InChI is InChI=1S/C29H32FN5O3/c1-18-9-21(30)5-6-24(18)26-12-20(16-35(17-31)29(32)33-2)13-27-25(26)7-8-34(28(27)36)15-19-10-22(37-3)14-23(11-19)38-4/h5-6,9-14,17,31H,7-8,15-16H2,1-4H3,(H2,32,33)/p+1. The SMILES string of the molecule is C[NH2+]C(=N)N(C=N)Cc1cc2c(c(-c3ccc(F)cc3C)c1)CCN(Cc1cc(OC)cc(OC)c1)C2=O. The fraction of sp³-hybridized carbons (Fsp3) is 0.276. The fourth-order valence-corrected chi connectivity index (χ4v) is 4.86. The molecule has 0 fully saturated rings. The third-order valence-electron chi connectivity index (χ3n) is 6.81. The first kappa shape index (κ1) is 26.8. The summed E-state index contributed by atoms with van der Waals surface area (Å²) in [5.41, 5.74) is 5.71. The lowest BCUT2D eigenvalue weighted by Gasteiger charge is -2.31. The first-order chi connectivity index (χ1) is 18.3. The second-order valence-electron chi connectivity index (χ2n) is 9.26. The van der Waals surface area contributed by atoms with Crippen LogP contribution in [0.3, 0.4) is 0 Å². The molecular weight excluding hydrogens is 485 g/mol. The van der Waals surface area contributed by atoms with Crippen molar-refractivity contribution in [3.63, 3.8) is 0 Å². The van der Waals surface area contributed by atoms with Crippen LogP contribution in [0.25, 0.3) is 11.1 Å². The molecule has 0 aliphatic carbocycles. The minimum Gasteiger partial charge on any atom is -0.497 e. The third kappa shape index (κ3) is 5.52. The molecule has 1 amide bonds. The number of rotatable bonds is 8. The molecule has 1 heterocycles. The van der Waals surface area contributed by atoms with Crippen molar-refractivity contribution >= 4 is 18.2 Å². The number of nitrogens with two attached hydrogens (primary N) is 1. The number of nitrogens with zero attached hydrogens (tertiary/aromatic N) is 2. The van der Waals surface area contributed by atoms with E-state index in [1.165, 1.54) is 17.0 Å². The van der Waals surface area contributed by atoms with E-state index in [1.807, 2.05) is 31.2 Å². The Morgan fingerprint density at radius 3 is 2.34 bits per heavy atom. The summed E-state index contributed by atoms with van der Waals surface area (Å²) >= 11 is 0. The van der Waals surface area contributed by atoms with Gasteiger partial charge in [0.2, 0.25) is 0 Å². The van der Waals surface area contributed by atoms with Gasteiger partial charge in [0.15, 0.2) is 0 Å². The van der Waals surface area contributed by atoms with E-state index < -0.39 is 0 Å². The van der Waals surface area contributed by atoms with Gasteiger partial charge in [-0.3, -0.25) is 20.4 Å². The van der Waals surface area contributed by atoms with Crippen LogP contribution in [0.4, 0.5) is 4.39 Å². The van der Waals surface area contributed by atoms with Crippen LogP contribution in [0.5, 0.6) is 11.5 Å². The molecule has 198 valence electrons. The average Bonchev–Trinajstić information content (AvgIpc) is 2.92. The summed E-state index contributed by atoms with van der Waals surface area (Å²) in [6.07, 6.45) is 1.75. The molecule has 38 heavy (non-hydrogen) atoms. The van der Waals surface area contributed by atoms with E-state index in [9.17, 15) is 9.18 Å². The Hall–Kier alpha value is -4.24. The largest absolute Gasteiger partial charge is 0.497 e. The van der Waals surface area contributed by atoms with Crippen LogP contribution in [0, 0.1) is 23.6 Å². The number of halogens is 1. The van der Waals surface area contributed by atoms with E-state index in [-0.39, 0.29) is 24.2 Å². The van der Waals surface area contributed by atoms with Gasteiger partial charge in [-0.2, -0.15) is 0 Å². The molecule has 0 spiro atoms. The molecule has 1 aliphatic heterocycles. The number of methoxy groups -OCH3 is 2. The van der Waals surface area contributed by atoms with Crippen LogP contribution in [-0.2, 0) is 19.5 Å². The maximum atomic E-state index is 13.9. The smallest absolute Gasteiger partial charge is 0.299 e. The highest BCUT2D eigenvalue weighted by Crippen LogP contribution is 2.35. The Morgan fingerprint density at radius 2 is 1.74 bits per heavy atom. The van der Waals surface area contributed by atoms with Crippen molar-refractivity contribution < 1.29 is 24.0 Å². The molecule has 9 heteroatoms. The van der Waals surface area contributed by atoms with Crippen LogP contribution in [0.15, 0.2) is 48.5 Å². The number of ether oxygens (including phenoxy) is 2. The van der Waals surface area contributed by atoms with E-state index >= 15 is 0 Å². The molecule has 4 rings (SSSR count). The maximum absolute atomic E-state index is 13.9. The average molecular weight is 519 g/mol. The normalized spacial score (nSPS) is 12.7. The minimum atomic E-state index is -0.311. The predicted octanol–water partition coefficient (Wildman–Crippen LogP) is 3.55. The number of hydrogen-bond acceptors (Lipinski definition) is 5. The summed E-state index contributed by atoms with van der Waals surface area (Å²) < 4.78 is 24.7. The van der Waals surface area contributed by atoms with Crippen molar-refractivity contribution in [2.24, 2.45) is 0 Å². The van der Waals surface area contributed by atoms with Crippen molar-refractivity contribution in [3.8, 4) is 22.6 Å². The molecule has 0 unspecified atom stereocenters. The van der Waals surface area contributed by atoms with Crippen LogP contribution >= 0.6 is 0 Å². The van der Waals surface area contributed by atoms with Crippen LogP contribution in [-0.4, -0.2) is 55.8 Å². The summed E-state index contributed by atoms with van der Waals surface area (Å²) in [4.78, 5) is 17.1. The molecule has 0 saturated heterocycles. The van der Waals surface area contributed by atoms with Gasteiger partial charge in [-0.15, -0.1) is 0 Å². The second-order valence-corrected chi connectivity index (χ2v) is 9.26. The van der Waals surface area contributed by atoms with Gasteiger partial charge < -0.3 is 14.4 Å². The molecule has 1 aliphatic rings. The van der Waals surface area contributed by atoms with Crippen molar-refractivity contribution in [1.82, 2.24) is 9.80 Å². The van der Waals surface area contributed by atoms with Gasteiger partial charge in [0.25, 0.3) is 11.9 Å². The lowest BCUT2D eigenvalue weighted by atomic mass is 9.86. The van der Waals surface area contributed by atoms with Crippen molar-refractivity contribution in [2.45, 2.75) is 26.4 Å². The summed E-state index contributed by atoms with van der Waals surface area (Å²) in [6, 6.07) is 14.1. The Balaban J connectivity index is 1.77. The zero-order valence-corrected chi connectivity index (χ0v) is 22.1. The molecule has 0 saturated carbocycles. The quantitative estimate of drug-likeness (QED) is 0.313. The molecule has 8 nitrogen and oxygen atoms in total. The Labute approximate surface area is 222 Å². The highest BCUT2D eigenvalue weighted by Gasteiger charge is 2.28. The highest BCUT2D eigenvalue weighted by atomic mass is 19.1. The first-order valence-electron chi connectivity index (χ1n) is 12.4. The fourth-order valence-electron chi connectivity index (χ4n) is 4.86. The van der Waals surface area contributed by atoms with Crippen molar-refractivity contribution in [2.75, 3.05) is 27.8 Å². The Morgan fingerprint density at radius 1 is 1.05 bits per heavy atom. The Kier molecular flexibility index (Phi) is 8.07. The number of carbonyl (C=O) groups is 1. The molecule has 0 aromatic heterocycles. The van der Waals surface area contributed by atoms with E-state index in [1.54, 1.807) is 43.6 Å². The topological polar surface area (TPSA) is 106 Å². The van der Waals surface area contributed by atoms with Gasteiger partial charge >= 0.3 is 0 Å². The number of guanidine groups is 1. The van der Waals surface area contributed by atoms with E-state index in [4.69, 9.17) is 20.3 Å². The summed E-state index contributed by atoms with van der Waals surface area (Å²) in [6.45, 7) is 3.03. The molecule has 0 bridgehead atoms. The van der Waals surface area contributed by atoms with Crippen LogP contribution in [0.1, 0.15) is 32.6 Å². The van der Waals surface area contributed by atoms with E-state index in [0.717, 1.165) is 39.7 Å². The molecule has 0 atom stereocenters. The van der Waals surface area contributed by atoms with Gasteiger partial charge in [-0.1, -0.05) is 6.07 Å². The number of hydrogen-bond donors (Lipinski definition) is 3. The van der Waals surface area contributed by atoms with Crippen molar-refractivity contribution in [3.05, 3.63) is 82.2 Å². The predicted molar refractivity (Wildman–Crippen MR) is 144 cm³/mol. The second kappa shape index (κ2) is 11.4. The highest BCUT2D eigenvalue weighted by molar-refractivity contribution is 5.99. The van der Waals surface area contributed by atoms with Gasteiger partial charge in [0, 0.05) is 24.7 Å². The number of aryl methyl sites for hydroxylation is 1. The minimum absolute atomic E-state index is 0.102. The number of quaternary nitrogens is 1. The van der Waals surface area contributed by atoms with E-state index in [0.29, 0.717) is 36.6 Å². The van der Waals surface area contributed by atoms with Crippen LogP contribution in [0.2, 0.25) is 0 Å². The third-order valence-corrected chi connectivity index (χ3v) is 6.81. The van der Waals surface area contributed by atoms with Crippen molar-refractivity contribution in [1.29, 1.82) is 10.8 Å². The maximum Gasteiger partial charge on any atom is 0.299 e. The number of nitrogens with one attached hydrogen (secondary N) is 2.